The molecule has 1 aliphatic rings. The highest BCUT2D eigenvalue weighted by molar-refractivity contribution is 6.33. The molecule has 2 rings (SSSR count). The summed E-state index contributed by atoms with van der Waals surface area (Å²) < 4.78 is 0. The van der Waals surface area contributed by atoms with Crippen LogP contribution in [0.5, 0.6) is 0 Å². The lowest BCUT2D eigenvalue weighted by molar-refractivity contribution is 0.0697. The molecule has 1 saturated carbocycles. The van der Waals surface area contributed by atoms with Crippen LogP contribution in [-0.2, 0) is 0 Å². The summed E-state index contributed by atoms with van der Waals surface area (Å²) in [6.07, 6.45) is 3.06. The van der Waals surface area contributed by atoms with E-state index in [4.69, 9.17) is 16.7 Å². The quantitative estimate of drug-likeness (QED) is 0.797. The van der Waals surface area contributed by atoms with Crippen molar-refractivity contribution in [2.75, 3.05) is 5.32 Å². The van der Waals surface area contributed by atoms with Gasteiger partial charge in [-0.1, -0.05) is 11.6 Å². The van der Waals surface area contributed by atoms with Crippen molar-refractivity contribution in [1.82, 2.24) is 5.32 Å². The van der Waals surface area contributed by atoms with Gasteiger partial charge < -0.3 is 15.7 Å². The van der Waals surface area contributed by atoms with Gasteiger partial charge in [0.1, 0.15) is 0 Å². The second kappa shape index (κ2) is 5.09. The second-order valence-electron chi connectivity index (χ2n) is 4.99. The number of urea groups is 1. The third-order valence-corrected chi connectivity index (χ3v) is 3.64. The number of anilines is 1. The first-order chi connectivity index (χ1) is 8.89. The Hall–Kier alpha value is -1.75. The summed E-state index contributed by atoms with van der Waals surface area (Å²) in [5.41, 5.74) is 0.350. The number of hydrogen-bond acceptors (Lipinski definition) is 2. The zero-order chi connectivity index (χ0) is 14.0. The van der Waals surface area contributed by atoms with Gasteiger partial charge in [-0.2, -0.15) is 0 Å². The number of halogens is 1. The lowest BCUT2D eigenvalue weighted by Crippen LogP contribution is -2.52. The Morgan fingerprint density at radius 3 is 2.53 bits per heavy atom. The first-order valence-electron chi connectivity index (χ1n) is 6.02. The van der Waals surface area contributed by atoms with E-state index in [0.29, 0.717) is 5.69 Å². The molecule has 1 fully saturated rings. The Kier molecular flexibility index (Phi) is 3.66. The van der Waals surface area contributed by atoms with Crippen molar-refractivity contribution in [2.24, 2.45) is 0 Å². The fourth-order valence-electron chi connectivity index (χ4n) is 2.03. The van der Waals surface area contributed by atoms with Gasteiger partial charge in [-0.15, -0.1) is 0 Å². The number of carbonyl (C=O) groups is 2. The molecule has 0 aliphatic heterocycles. The van der Waals surface area contributed by atoms with Crippen LogP contribution in [-0.4, -0.2) is 22.6 Å². The number of rotatable bonds is 3. The minimum atomic E-state index is -1.09. The minimum Gasteiger partial charge on any atom is -0.478 e. The number of aromatic carboxylic acids is 1. The van der Waals surface area contributed by atoms with Gasteiger partial charge in [0.15, 0.2) is 0 Å². The van der Waals surface area contributed by atoms with Gasteiger partial charge >= 0.3 is 12.0 Å². The molecule has 0 radical (unpaired) electrons. The van der Waals surface area contributed by atoms with E-state index in [2.05, 4.69) is 10.6 Å². The fourth-order valence-corrected chi connectivity index (χ4v) is 2.30. The normalized spacial score (nSPS) is 16.3. The molecule has 0 saturated heterocycles. The first-order valence-corrected chi connectivity index (χ1v) is 6.39. The molecule has 0 unspecified atom stereocenters. The highest BCUT2D eigenvalue weighted by Gasteiger charge is 2.33. The Balaban J connectivity index is 2.01. The summed E-state index contributed by atoms with van der Waals surface area (Å²) in [5, 5.41) is 14.5. The molecule has 1 aromatic carbocycles. The highest BCUT2D eigenvalue weighted by atomic mass is 35.5. The SMILES string of the molecule is CC1(NC(=O)Nc2ccc(C(=O)O)c(Cl)c2)CCC1. The van der Waals surface area contributed by atoms with Crippen molar-refractivity contribution < 1.29 is 14.7 Å². The van der Waals surface area contributed by atoms with E-state index < -0.39 is 5.97 Å². The number of benzene rings is 1. The summed E-state index contributed by atoms with van der Waals surface area (Å²) in [4.78, 5) is 22.6. The summed E-state index contributed by atoms with van der Waals surface area (Å²) >= 11 is 5.83. The fraction of sp³-hybridized carbons (Fsp3) is 0.385. The molecule has 1 aromatic rings. The molecule has 0 atom stereocenters. The van der Waals surface area contributed by atoms with Crippen LogP contribution < -0.4 is 10.6 Å². The predicted octanol–water partition coefficient (Wildman–Crippen LogP) is 3.10. The maximum absolute atomic E-state index is 11.8. The van der Waals surface area contributed by atoms with Crippen molar-refractivity contribution in [3.8, 4) is 0 Å². The molecule has 5 nitrogen and oxygen atoms in total. The van der Waals surface area contributed by atoms with Crippen LogP contribution in [0, 0.1) is 0 Å². The molecule has 6 heteroatoms. The zero-order valence-corrected chi connectivity index (χ0v) is 11.3. The number of carbonyl (C=O) groups excluding carboxylic acids is 1. The zero-order valence-electron chi connectivity index (χ0n) is 10.5. The Morgan fingerprint density at radius 1 is 1.37 bits per heavy atom. The van der Waals surface area contributed by atoms with E-state index in [1.54, 1.807) is 0 Å². The predicted molar refractivity (Wildman–Crippen MR) is 72.8 cm³/mol. The first kappa shape index (κ1) is 13.7. The Labute approximate surface area is 116 Å². The highest BCUT2D eigenvalue weighted by Crippen LogP contribution is 2.31. The average molecular weight is 283 g/mol. The van der Waals surface area contributed by atoms with E-state index in [1.807, 2.05) is 6.92 Å². The van der Waals surface area contributed by atoms with Crippen LogP contribution in [0.3, 0.4) is 0 Å². The van der Waals surface area contributed by atoms with Crippen molar-refractivity contribution in [3.63, 3.8) is 0 Å². The number of amides is 2. The van der Waals surface area contributed by atoms with Crippen LogP contribution in [0.25, 0.3) is 0 Å². The van der Waals surface area contributed by atoms with E-state index in [9.17, 15) is 9.59 Å². The average Bonchev–Trinajstić information content (AvgIpc) is 2.26. The van der Waals surface area contributed by atoms with Crippen molar-refractivity contribution in [1.29, 1.82) is 0 Å². The third kappa shape index (κ3) is 3.17. The van der Waals surface area contributed by atoms with Gasteiger partial charge in [0, 0.05) is 11.2 Å². The summed E-state index contributed by atoms with van der Waals surface area (Å²) in [7, 11) is 0. The van der Waals surface area contributed by atoms with E-state index in [1.165, 1.54) is 18.2 Å². The molecule has 0 aromatic heterocycles. The molecular weight excluding hydrogens is 268 g/mol. The van der Waals surface area contributed by atoms with Gasteiger partial charge in [-0.3, -0.25) is 0 Å². The molecule has 0 spiro atoms. The summed E-state index contributed by atoms with van der Waals surface area (Å²) in [6, 6.07) is 4.00. The number of carboxylic acids is 1. The Bertz CT molecular complexity index is 527. The lowest BCUT2D eigenvalue weighted by atomic mass is 9.79. The van der Waals surface area contributed by atoms with Crippen molar-refractivity contribution in [3.05, 3.63) is 28.8 Å². The van der Waals surface area contributed by atoms with Gasteiger partial charge in [0.2, 0.25) is 0 Å². The standard InChI is InChI=1S/C13H15ClN2O3/c1-13(5-2-6-13)16-12(19)15-8-3-4-9(11(17)18)10(14)7-8/h3-4,7H,2,5-6H2,1H3,(H,17,18)(H2,15,16,19). The largest absolute Gasteiger partial charge is 0.478 e. The van der Waals surface area contributed by atoms with Gasteiger partial charge in [-0.25, -0.2) is 9.59 Å². The lowest BCUT2D eigenvalue weighted by Gasteiger charge is -2.38. The number of hydrogen-bond donors (Lipinski definition) is 3. The van der Waals surface area contributed by atoms with E-state index in [-0.39, 0.29) is 22.2 Å². The number of nitrogens with one attached hydrogen (secondary N) is 2. The summed E-state index contributed by atoms with van der Waals surface area (Å²) in [5.74, 6) is -1.09. The molecular formula is C13H15ClN2O3. The maximum Gasteiger partial charge on any atom is 0.337 e. The maximum atomic E-state index is 11.8. The van der Waals surface area contributed by atoms with Crippen LogP contribution in [0.15, 0.2) is 18.2 Å². The van der Waals surface area contributed by atoms with Gasteiger partial charge in [0.05, 0.1) is 10.6 Å². The van der Waals surface area contributed by atoms with Crippen LogP contribution >= 0.6 is 11.6 Å². The van der Waals surface area contributed by atoms with Crippen LogP contribution in [0.1, 0.15) is 36.5 Å². The van der Waals surface area contributed by atoms with Crippen LogP contribution in [0.2, 0.25) is 5.02 Å². The molecule has 102 valence electrons. The second-order valence-corrected chi connectivity index (χ2v) is 5.40. The topological polar surface area (TPSA) is 78.4 Å². The van der Waals surface area contributed by atoms with E-state index in [0.717, 1.165) is 19.3 Å². The Morgan fingerprint density at radius 2 is 2.05 bits per heavy atom. The van der Waals surface area contributed by atoms with E-state index >= 15 is 0 Å². The smallest absolute Gasteiger partial charge is 0.337 e. The molecule has 0 bridgehead atoms. The monoisotopic (exact) mass is 282 g/mol. The molecule has 3 N–H and O–H groups in total. The molecule has 19 heavy (non-hydrogen) atoms. The van der Waals surface area contributed by atoms with Gasteiger partial charge in [0.25, 0.3) is 0 Å². The van der Waals surface area contributed by atoms with Crippen molar-refractivity contribution in [2.45, 2.75) is 31.7 Å². The number of carboxylic acid groups (broad SMARTS) is 1. The van der Waals surface area contributed by atoms with Crippen LogP contribution in [0.4, 0.5) is 10.5 Å². The van der Waals surface area contributed by atoms with Gasteiger partial charge in [-0.05, 0) is 44.4 Å². The molecule has 0 heterocycles. The third-order valence-electron chi connectivity index (χ3n) is 3.33. The van der Waals surface area contributed by atoms with Crippen molar-refractivity contribution >= 4 is 29.3 Å². The molecule has 1 aliphatic carbocycles. The summed E-state index contributed by atoms with van der Waals surface area (Å²) in [6.45, 7) is 2.00. The minimum absolute atomic E-state index is 0.0126. The molecule has 2 amide bonds.